The number of hydrogen-bond donors (Lipinski definition) is 1. The van der Waals surface area contributed by atoms with Crippen molar-refractivity contribution >= 4 is 0 Å². The fraction of sp³-hybridized carbons (Fsp3) is 1.00. The molecule has 4 atom stereocenters. The quantitative estimate of drug-likeness (QED) is 0.712. The molecule has 0 heterocycles. The summed E-state index contributed by atoms with van der Waals surface area (Å²) in [6.07, 6.45) is 8.41. The summed E-state index contributed by atoms with van der Waals surface area (Å²) in [7, 11) is 0. The minimum absolute atomic E-state index is 0.532. The Morgan fingerprint density at radius 3 is 2.26 bits per heavy atom. The van der Waals surface area contributed by atoms with E-state index < -0.39 is 0 Å². The maximum atomic E-state index is 3.98. The van der Waals surface area contributed by atoms with E-state index >= 15 is 0 Å². The van der Waals surface area contributed by atoms with Crippen molar-refractivity contribution in [3.8, 4) is 0 Å². The van der Waals surface area contributed by atoms with Crippen LogP contribution >= 0.6 is 0 Å². The van der Waals surface area contributed by atoms with Gasteiger partial charge in [0.05, 0.1) is 0 Å². The van der Waals surface area contributed by atoms with Gasteiger partial charge >= 0.3 is 0 Å². The molecular formula is C18H35N. The lowest BCUT2D eigenvalue weighted by Gasteiger charge is -2.40. The number of fused-ring (bicyclic) bond motifs is 2. The Labute approximate surface area is 120 Å². The molecule has 2 saturated carbocycles. The summed E-state index contributed by atoms with van der Waals surface area (Å²) in [5, 5.41) is 3.98. The van der Waals surface area contributed by atoms with Crippen LogP contribution in [0, 0.1) is 22.7 Å². The zero-order valence-electron chi connectivity index (χ0n) is 14.1. The van der Waals surface area contributed by atoms with Gasteiger partial charge < -0.3 is 5.32 Å². The monoisotopic (exact) mass is 265 g/mol. The zero-order valence-corrected chi connectivity index (χ0v) is 14.1. The first-order valence-electron chi connectivity index (χ1n) is 8.53. The molecule has 19 heavy (non-hydrogen) atoms. The second kappa shape index (κ2) is 5.39. The number of rotatable bonds is 6. The van der Waals surface area contributed by atoms with E-state index in [0.717, 1.165) is 17.9 Å². The third-order valence-corrected chi connectivity index (χ3v) is 6.70. The maximum Gasteiger partial charge on any atom is 0.0131 e. The molecule has 0 aromatic rings. The van der Waals surface area contributed by atoms with E-state index in [9.17, 15) is 0 Å². The molecule has 1 N–H and O–H groups in total. The summed E-state index contributed by atoms with van der Waals surface area (Å²) in [6, 6.07) is 1.45. The highest BCUT2D eigenvalue weighted by Crippen LogP contribution is 2.65. The molecule has 0 spiro atoms. The van der Waals surface area contributed by atoms with Crippen molar-refractivity contribution in [1.82, 2.24) is 5.32 Å². The van der Waals surface area contributed by atoms with Gasteiger partial charge in [0.1, 0.15) is 0 Å². The van der Waals surface area contributed by atoms with Gasteiger partial charge in [-0.2, -0.15) is 0 Å². The molecule has 0 radical (unpaired) electrons. The zero-order chi connectivity index (χ0) is 14.3. The largest absolute Gasteiger partial charge is 0.311 e. The van der Waals surface area contributed by atoms with Crippen molar-refractivity contribution < 1.29 is 0 Å². The van der Waals surface area contributed by atoms with Crippen LogP contribution < -0.4 is 5.32 Å². The average molecular weight is 265 g/mol. The minimum Gasteiger partial charge on any atom is -0.311 e. The minimum atomic E-state index is 0.532. The van der Waals surface area contributed by atoms with Crippen LogP contribution in [0.3, 0.4) is 0 Å². The highest BCUT2D eigenvalue weighted by Gasteiger charge is 2.61. The van der Waals surface area contributed by atoms with Crippen molar-refractivity contribution in [1.29, 1.82) is 0 Å². The molecule has 0 amide bonds. The van der Waals surface area contributed by atoms with E-state index in [0.29, 0.717) is 16.9 Å². The SMILES string of the molecule is CC(C)CCCC(C)NC1CC2CCC1(C)C2(C)C. The molecule has 0 saturated heterocycles. The molecule has 4 unspecified atom stereocenters. The first-order chi connectivity index (χ1) is 8.77. The number of hydrogen-bond acceptors (Lipinski definition) is 1. The first kappa shape index (κ1) is 15.4. The van der Waals surface area contributed by atoms with Crippen LogP contribution in [0.4, 0.5) is 0 Å². The van der Waals surface area contributed by atoms with E-state index in [2.05, 4.69) is 46.9 Å². The van der Waals surface area contributed by atoms with E-state index in [-0.39, 0.29) is 0 Å². The fourth-order valence-corrected chi connectivity index (χ4v) is 4.71. The molecule has 2 fully saturated rings. The topological polar surface area (TPSA) is 12.0 Å². The van der Waals surface area contributed by atoms with Crippen LogP contribution in [0.25, 0.3) is 0 Å². The summed E-state index contributed by atoms with van der Waals surface area (Å²) >= 11 is 0. The van der Waals surface area contributed by atoms with Crippen LogP contribution in [0.1, 0.15) is 80.1 Å². The van der Waals surface area contributed by atoms with Crippen molar-refractivity contribution in [2.24, 2.45) is 22.7 Å². The van der Waals surface area contributed by atoms with Gasteiger partial charge in [-0.1, -0.05) is 47.5 Å². The molecular weight excluding hydrogens is 230 g/mol. The smallest absolute Gasteiger partial charge is 0.0131 e. The Bertz CT molecular complexity index is 307. The third kappa shape index (κ3) is 2.73. The molecule has 2 aliphatic carbocycles. The van der Waals surface area contributed by atoms with E-state index in [1.54, 1.807) is 0 Å². The van der Waals surface area contributed by atoms with Crippen LogP contribution in [-0.4, -0.2) is 12.1 Å². The Morgan fingerprint density at radius 2 is 1.79 bits per heavy atom. The summed E-state index contributed by atoms with van der Waals surface area (Å²) < 4.78 is 0. The predicted molar refractivity (Wildman–Crippen MR) is 84.3 cm³/mol. The van der Waals surface area contributed by atoms with E-state index in [1.165, 1.54) is 38.5 Å². The summed E-state index contributed by atoms with van der Waals surface area (Å²) in [6.45, 7) is 14.6. The van der Waals surface area contributed by atoms with Crippen LogP contribution in [0.5, 0.6) is 0 Å². The highest BCUT2D eigenvalue weighted by molar-refractivity contribution is 5.13. The highest BCUT2D eigenvalue weighted by atomic mass is 15.0. The van der Waals surface area contributed by atoms with Crippen molar-refractivity contribution in [2.75, 3.05) is 0 Å². The van der Waals surface area contributed by atoms with E-state index in [4.69, 9.17) is 0 Å². The molecule has 2 bridgehead atoms. The van der Waals surface area contributed by atoms with Crippen molar-refractivity contribution in [2.45, 2.75) is 92.2 Å². The Balaban J connectivity index is 1.84. The molecule has 112 valence electrons. The predicted octanol–water partition coefficient (Wildman–Crippen LogP) is 5.01. The molecule has 0 aromatic carbocycles. The van der Waals surface area contributed by atoms with Gasteiger partial charge in [-0.15, -0.1) is 0 Å². The Kier molecular flexibility index (Phi) is 4.35. The lowest BCUT2D eigenvalue weighted by Crippen LogP contribution is -2.47. The van der Waals surface area contributed by atoms with Crippen molar-refractivity contribution in [3.05, 3.63) is 0 Å². The Hall–Kier alpha value is -0.0400. The van der Waals surface area contributed by atoms with Gasteiger partial charge in [-0.05, 0) is 55.3 Å². The van der Waals surface area contributed by atoms with Gasteiger partial charge in [0.2, 0.25) is 0 Å². The summed E-state index contributed by atoms with van der Waals surface area (Å²) in [4.78, 5) is 0. The first-order valence-corrected chi connectivity index (χ1v) is 8.53. The normalized spacial score (nSPS) is 38.1. The average Bonchev–Trinajstić information content (AvgIpc) is 2.61. The second-order valence-electron chi connectivity index (χ2n) is 8.56. The third-order valence-electron chi connectivity index (χ3n) is 6.70. The van der Waals surface area contributed by atoms with Gasteiger partial charge in [-0.3, -0.25) is 0 Å². The molecule has 2 aliphatic rings. The van der Waals surface area contributed by atoms with Crippen molar-refractivity contribution in [3.63, 3.8) is 0 Å². The maximum absolute atomic E-state index is 3.98. The molecule has 0 aromatic heterocycles. The number of nitrogens with one attached hydrogen (secondary N) is 1. The van der Waals surface area contributed by atoms with Crippen LogP contribution in [0.15, 0.2) is 0 Å². The van der Waals surface area contributed by atoms with Crippen LogP contribution in [-0.2, 0) is 0 Å². The van der Waals surface area contributed by atoms with Gasteiger partial charge in [0.15, 0.2) is 0 Å². The standard InChI is InChI=1S/C18H35N/c1-13(2)8-7-9-14(3)19-16-12-15-10-11-18(16,6)17(15,4)5/h13-16,19H,7-12H2,1-6H3. The summed E-state index contributed by atoms with van der Waals surface area (Å²) in [5.41, 5.74) is 1.08. The van der Waals surface area contributed by atoms with Gasteiger partial charge in [0.25, 0.3) is 0 Å². The summed E-state index contributed by atoms with van der Waals surface area (Å²) in [5.74, 6) is 1.81. The molecule has 1 nitrogen and oxygen atoms in total. The van der Waals surface area contributed by atoms with Gasteiger partial charge in [-0.25, -0.2) is 0 Å². The van der Waals surface area contributed by atoms with Gasteiger partial charge in [0, 0.05) is 12.1 Å². The molecule has 2 rings (SSSR count). The second-order valence-corrected chi connectivity index (χ2v) is 8.56. The lowest BCUT2D eigenvalue weighted by atomic mass is 9.69. The lowest BCUT2D eigenvalue weighted by molar-refractivity contribution is 0.115. The molecule has 1 heteroatoms. The Morgan fingerprint density at radius 1 is 1.11 bits per heavy atom. The molecule has 0 aliphatic heterocycles. The van der Waals surface area contributed by atoms with E-state index in [1.807, 2.05) is 0 Å². The van der Waals surface area contributed by atoms with Crippen LogP contribution in [0.2, 0.25) is 0 Å². The fourth-order valence-electron chi connectivity index (χ4n) is 4.71.